The van der Waals surface area contributed by atoms with E-state index in [4.69, 9.17) is 32.7 Å². The molecule has 0 bridgehead atoms. The summed E-state index contributed by atoms with van der Waals surface area (Å²) in [7, 11) is 0. The van der Waals surface area contributed by atoms with Crippen LogP contribution in [-0.4, -0.2) is 42.1 Å². The number of carbonyl (C=O) groups excluding carboxylic acids is 1. The molecule has 13 heteroatoms. The van der Waals surface area contributed by atoms with Crippen molar-refractivity contribution in [2.45, 2.75) is 43.7 Å². The van der Waals surface area contributed by atoms with Crippen LogP contribution >= 0.6 is 23.2 Å². The molecule has 1 fully saturated rings. The molecule has 0 aromatic heterocycles. The third-order valence-electron chi connectivity index (χ3n) is 5.10. The quantitative estimate of drug-likeness (QED) is 0.358. The van der Waals surface area contributed by atoms with Crippen molar-refractivity contribution in [1.29, 1.82) is 0 Å². The molecule has 2 aromatic carbocycles. The second-order valence-corrected chi connectivity index (χ2v) is 8.75. The van der Waals surface area contributed by atoms with Crippen molar-refractivity contribution in [3.8, 4) is 0 Å². The fourth-order valence-electron chi connectivity index (χ4n) is 2.87. The summed E-state index contributed by atoms with van der Waals surface area (Å²) in [5.74, 6) is 0. The number of hydrogen-bond donors (Lipinski definition) is 2. The predicted molar refractivity (Wildman–Crippen MR) is 114 cm³/mol. The zero-order valence-corrected chi connectivity index (χ0v) is 19.7. The molecule has 2 atom stereocenters. The van der Waals surface area contributed by atoms with Gasteiger partial charge in [0.05, 0.1) is 13.2 Å². The molecule has 5 nitrogen and oxygen atoms in total. The highest BCUT2D eigenvalue weighted by molar-refractivity contribution is 6.31. The van der Waals surface area contributed by atoms with Crippen LogP contribution in [0, 0.1) is 0 Å². The van der Waals surface area contributed by atoms with Crippen molar-refractivity contribution in [3.63, 3.8) is 0 Å². The van der Waals surface area contributed by atoms with Gasteiger partial charge in [0.2, 0.25) is 0 Å². The average Bonchev–Trinajstić information content (AvgIpc) is 3.26. The van der Waals surface area contributed by atoms with E-state index in [0.717, 1.165) is 18.2 Å². The van der Waals surface area contributed by atoms with Crippen LogP contribution in [-0.2, 0) is 20.7 Å². The van der Waals surface area contributed by atoms with Crippen molar-refractivity contribution < 1.29 is 50.8 Å². The van der Waals surface area contributed by atoms with Gasteiger partial charge in [0.1, 0.15) is 6.29 Å². The van der Waals surface area contributed by atoms with Gasteiger partial charge in [-0.25, -0.2) is 0 Å². The topological polar surface area (TPSA) is 76.0 Å². The number of alkyl halides is 6. The Bertz CT molecular complexity index is 1050. The first-order valence-electron chi connectivity index (χ1n) is 9.78. The first-order chi connectivity index (χ1) is 15.9. The second kappa shape index (κ2) is 10.6. The van der Waals surface area contributed by atoms with Crippen LogP contribution in [0.5, 0.6) is 0 Å². The van der Waals surface area contributed by atoms with E-state index >= 15 is 0 Å². The molecule has 0 saturated carbocycles. The standard InChI is InChI=1S/C12H12ClF3O3.C10H8ClF3O2/c1-11(17,12(14,15)16)8-4-7(5-9(13)6-8)10-18-2-3-19-10;1-9(16,10(12,13)14)7-2-6(5-15)3-8(11)4-7/h4-6,10,17H,2-3H2,1H3;2-5,16H,1H3. The molecule has 2 N–H and O–H groups in total. The van der Waals surface area contributed by atoms with Crippen LogP contribution in [0.2, 0.25) is 10.0 Å². The van der Waals surface area contributed by atoms with E-state index in [1.807, 2.05) is 0 Å². The Kier molecular flexibility index (Phi) is 8.90. The van der Waals surface area contributed by atoms with Crippen molar-refractivity contribution in [2.24, 2.45) is 0 Å². The third-order valence-corrected chi connectivity index (χ3v) is 5.53. The fourth-order valence-corrected chi connectivity index (χ4v) is 3.36. The van der Waals surface area contributed by atoms with Gasteiger partial charge in [-0.2, -0.15) is 26.3 Å². The zero-order valence-electron chi connectivity index (χ0n) is 18.2. The van der Waals surface area contributed by atoms with Gasteiger partial charge in [0.25, 0.3) is 0 Å². The molecule has 0 aliphatic carbocycles. The number of aldehydes is 1. The molecule has 1 heterocycles. The summed E-state index contributed by atoms with van der Waals surface area (Å²) in [6.07, 6.45) is -10.0. The predicted octanol–water partition coefficient (Wildman–Crippen LogP) is 6.08. The third kappa shape index (κ3) is 6.87. The molecular formula is C22H20Cl2F6O5. The summed E-state index contributed by atoms with van der Waals surface area (Å²) in [6, 6.07) is 6.86. The van der Waals surface area contributed by atoms with Crippen LogP contribution in [0.25, 0.3) is 0 Å². The minimum Gasteiger partial charge on any atom is -0.376 e. The lowest BCUT2D eigenvalue weighted by atomic mass is 9.93. The van der Waals surface area contributed by atoms with E-state index in [-0.39, 0.29) is 21.2 Å². The Morgan fingerprint density at radius 3 is 1.66 bits per heavy atom. The second-order valence-electron chi connectivity index (χ2n) is 7.88. The maximum absolute atomic E-state index is 12.8. The fraction of sp³-hybridized carbons (Fsp3) is 0.409. The van der Waals surface area contributed by atoms with Gasteiger partial charge in [-0.1, -0.05) is 23.2 Å². The van der Waals surface area contributed by atoms with E-state index in [1.54, 1.807) is 0 Å². The van der Waals surface area contributed by atoms with Crippen molar-refractivity contribution in [2.75, 3.05) is 13.2 Å². The molecule has 1 aliphatic rings. The van der Waals surface area contributed by atoms with Gasteiger partial charge in [-0.05, 0) is 61.4 Å². The van der Waals surface area contributed by atoms with E-state index in [9.17, 15) is 41.4 Å². The summed E-state index contributed by atoms with van der Waals surface area (Å²) >= 11 is 11.3. The highest BCUT2D eigenvalue weighted by atomic mass is 35.5. The summed E-state index contributed by atoms with van der Waals surface area (Å²) in [6.45, 7) is 2.01. The van der Waals surface area contributed by atoms with Crippen LogP contribution in [0.15, 0.2) is 36.4 Å². The number of aliphatic hydroxyl groups is 2. The lowest BCUT2D eigenvalue weighted by Crippen LogP contribution is -2.39. The largest absolute Gasteiger partial charge is 0.421 e. The Labute approximate surface area is 206 Å². The molecule has 1 saturated heterocycles. The number of ether oxygens (including phenoxy) is 2. The highest BCUT2D eigenvalue weighted by Crippen LogP contribution is 2.41. The summed E-state index contributed by atoms with van der Waals surface area (Å²) < 4.78 is 86.3. The van der Waals surface area contributed by atoms with Gasteiger partial charge in [-0.15, -0.1) is 0 Å². The lowest BCUT2D eigenvalue weighted by molar-refractivity contribution is -0.259. The van der Waals surface area contributed by atoms with Crippen LogP contribution < -0.4 is 0 Å². The molecule has 194 valence electrons. The van der Waals surface area contributed by atoms with Crippen LogP contribution in [0.1, 0.15) is 47.2 Å². The lowest BCUT2D eigenvalue weighted by Gasteiger charge is -2.27. The molecule has 0 amide bonds. The Balaban J connectivity index is 0.000000251. The van der Waals surface area contributed by atoms with Crippen molar-refractivity contribution in [1.82, 2.24) is 0 Å². The Morgan fingerprint density at radius 2 is 1.23 bits per heavy atom. The van der Waals surface area contributed by atoms with E-state index in [1.165, 1.54) is 18.2 Å². The van der Waals surface area contributed by atoms with Gasteiger partial charge in [0, 0.05) is 21.2 Å². The van der Waals surface area contributed by atoms with Crippen LogP contribution in [0.3, 0.4) is 0 Å². The highest BCUT2D eigenvalue weighted by Gasteiger charge is 2.52. The monoisotopic (exact) mass is 548 g/mol. The molecule has 3 rings (SSSR count). The molecule has 35 heavy (non-hydrogen) atoms. The number of carbonyl (C=O) groups is 1. The number of benzene rings is 2. The molecule has 0 spiro atoms. The number of halogens is 8. The maximum atomic E-state index is 12.8. The zero-order chi connectivity index (χ0) is 26.8. The minimum atomic E-state index is -4.84. The smallest absolute Gasteiger partial charge is 0.376 e. The van der Waals surface area contributed by atoms with E-state index in [2.05, 4.69) is 0 Å². The molecular weight excluding hydrogens is 529 g/mol. The maximum Gasteiger partial charge on any atom is 0.421 e. The summed E-state index contributed by atoms with van der Waals surface area (Å²) in [4.78, 5) is 10.5. The Morgan fingerprint density at radius 1 is 0.800 bits per heavy atom. The van der Waals surface area contributed by atoms with Crippen molar-refractivity contribution in [3.05, 3.63) is 68.7 Å². The number of hydrogen-bond acceptors (Lipinski definition) is 5. The van der Waals surface area contributed by atoms with Gasteiger partial charge in [-0.3, -0.25) is 4.79 Å². The molecule has 1 aliphatic heterocycles. The van der Waals surface area contributed by atoms with Gasteiger partial charge < -0.3 is 19.7 Å². The van der Waals surface area contributed by atoms with Gasteiger partial charge in [0.15, 0.2) is 17.5 Å². The molecule has 0 radical (unpaired) electrons. The first kappa shape index (κ1) is 29.3. The summed E-state index contributed by atoms with van der Waals surface area (Å²) in [5.41, 5.74) is -6.49. The SMILES string of the molecule is CC(O)(c1cc(Cl)cc(C2OCCO2)c1)C(F)(F)F.CC(O)(c1cc(Cl)cc(C=O)c1)C(F)(F)F. The van der Waals surface area contributed by atoms with Crippen LogP contribution in [0.4, 0.5) is 26.3 Å². The first-order valence-corrected chi connectivity index (χ1v) is 10.5. The van der Waals surface area contributed by atoms with Crippen molar-refractivity contribution >= 4 is 29.5 Å². The van der Waals surface area contributed by atoms with E-state index < -0.39 is 35.4 Å². The average molecular weight is 549 g/mol. The summed E-state index contributed by atoms with van der Waals surface area (Å²) in [5, 5.41) is 19.1. The Hall–Kier alpha value is -1.89. The van der Waals surface area contributed by atoms with Gasteiger partial charge >= 0.3 is 12.4 Å². The normalized spacial score (nSPS) is 18.3. The number of rotatable bonds is 4. The molecule has 2 unspecified atom stereocenters. The molecule has 2 aromatic rings. The minimum absolute atomic E-state index is 0.0213. The van der Waals surface area contributed by atoms with E-state index in [0.29, 0.717) is 38.9 Å².